The average molecular weight is 344 g/mol. The largest absolute Gasteiger partial charge is 0.351 e. The van der Waals surface area contributed by atoms with Crippen molar-refractivity contribution in [3.63, 3.8) is 0 Å². The van der Waals surface area contributed by atoms with E-state index in [1.165, 1.54) is 38.5 Å². The van der Waals surface area contributed by atoms with Crippen molar-refractivity contribution < 1.29 is 4.79 Å². The molecule has 1 amide bonds. The molecule has 0 aliphatic heterocycles. The van der Waals surface area contributed by atoms with Crippen LogP contribution >= 0.6 is 0 Å². The molecule has 1 N–H and O–H groups in total. The zero-order chi connectivity index (χ0) is 17.7. The predicted molar refractivity (Wildman–Crippen MR) is 98.8 cm³/mol. The minimum absolute atomic E-state index is 0.0169. The number of carbonyl (C=O) groups is 1. The van der Waals surface area contributed by atoms with Crippen molar-refractivity contribution in [1.82, 2.24) is 15.1 Å². The number of aromatic nitrogens is 2. The summed E-state index contributed by atoms with van der Waals surface area (Å²) < 4.78 is 1.93. The smallest absolute Gasteiger partial charge is 0.220 e. The van der Waals surface area contributed by atoms with Crippen LogP contribution in [0.5, 0.6) is 0 Å². The van der Waals surface area contributed by atoms with Crippen LogP contribution in [-0.2, 0) is 11.3 Å². The van der Waals surface area contributed by atoms with Gasteiger partial charge in [0, 0.05) is 18.8 Å². The van der Waals surface area contributed by atoms with E-state index in [4.69, 9.17) is 0 Å². The van der Waals surface area contributed by atoms with Crippen LogP contribution in [0.15, 0.2) is 18.5 Å². The molecule has 4 fully saturated rings. The Balaban J connectivity index is 1.41. The Morgan fingerprint density at radius 1 is 1.20 bits per heavy atom. The van der Waals surface area contributed by atoms with E-state index in [9.17, 15) is 4.79 Å². The third-order valence-electron chi connectivity index (χ3n) is 7.01. The fourth-order valence-corrected chi connectivity index (χ4v) is 6.22. The van der Waals surface area contributed by atoms with E-state index in [2.05, 4.69) is 31.2 Å². The molecule has 0 radical (unpaired) electrons. The lowest BCUT2D eigenvalue weighted by Gasteiger charge is -2.56. The molecule has 5 rings (SSSR count). The molecule has 1 aromatic rings. The van der Waals surface area contributed by atoms with Crippen molar-refractivity contribution in [2.45, 2.75) is 78.3 Å². The van der Waals surface area contributed by atoms with E-state index in [1.807, 2.05) is 16.9 Å². The van der Waals surface area contributed by atoms with Crippen LogP contribution in [0.1, 0.15) is 65.7 Å². The molecule has 0 aromatic carbocycles. The molecule has 0 spiro atoms. The van der Waals surface area contributed by atoms with Crippen LogP contribution in [-0.4, -0.2) is 21.7 Å². The zero-order valence-corrected chi connectivity index (χ0v) is 16.0. The minimum atomic E-state index is 0.0169. The summed E-state index contributed by atoms with van der Waals surface area (Å²) in [6, 6.07) is 2.05. The van der Waals surface area contributed by atoms with Gasteiger partial charge in [0.15, 0.2) is 0 Å². The molecule has 4 aliphatic rings. The van der Waals surface area contributed by atoms with Crippen molar-refractivity contribution in [1.29, 1.82) is 0 Å². The van der Waals surface area contributed by atoms with E-state index in [1.54, 1.807) is 6.20 Å². The second-order valence-electron chi connectivity index (χ2n) is 10.3. The normalized spacial score (nSPS) is 34.9. The summed E-state index contributed by atoms with van der Waals surface area (Å²) in [4.78, 5) is 13.0. The number of hydrogen-bond donors (Lipinski definition) is 1. The summed E-state index contributed by atoms with van der Waals surface area (Å²) in [5.41, 5.74) is 0.329. The maximum atomic E-state index is 13.0. The number of amides is 1. The summed E-state index contributed by atoms with van der Waals surface area (Å²) >= 11 is 0. The standard InChI is InChI=1S/C21H33N3O/c1-20(2,3)18(14-24-6-4-5-22-24)23-19(25)13-21-10-15-7-16(11-21)9-17(8-15)12-21/h4-6,15-18H,7-14H2,1-3H3,(H,23,25)/t15?,16?,17?,18-,21?/m0/s1. The van der Waals surface area contributed by atoms with Crippen LogP contribution in [0.3, 0.4) is 0 Å². The number of hydrogen-bond acceptors (Lipinski definition) is 2. The lowest BCUT2D eigenvalue weighted by molar-refractivity contribution is -0.131. The van der Waals surface area contributed by atoms with Gasteiger partial charge in [-0.15, -0.1) is 0 Å². The summed E-state index contributed by atoms with van der Waals surface area (Å²) in [7, 11) is 0. The molecule has 1 heterocycles. The topological polar surface area (TPSA) is 46.9 Å². The monoisotopic (exact) mass is 343 g/mol. The van der Waals surface area contributed by atoms with Crippen LogP contribution in [0.2, 0.25) is 0 Å². The van der Waals surface area contributed by atoms with E-state index in [-0.39, 0.29) is 17.4 Å². The van der Waals surface area contributed by atoms with E-state index in [0.717, 1.165) is 30.7 Å². The van der Waals surface area contributed by atoms with Gasteiger partial charge in [-0.2, -0.15) is 5.10 Å². The molecule has 0 saturated heterocycles. The van der Waals surface area contributed by atoms with Gasteiger partial charge in [0.1, 0.15) is 0 Å². The van der Waals surface area contributed by atoms with Crippen molar-refractivity contribution >= 4 is 5.91 Å². The van der Waals surface area contributed by atoms with Gasteiger partial charge in [-0.05, 0) is 73.2 Å². The lowest BCUT2D eigenvalue weighted by atomic mass is 9.49. The average Bonchev–Trinajstić information content (AvgIpc) is 2.96. The molecule has 138 valence electrons. The van der Waals surface area contributed by atoms with E-state index >= 15 is 0 Å². The highest BCUT2D eigenvalue weighted by molar-refractivity contribution is 5.77. The number of rotatable bonds is 5. The van der Waals surface area contributed by atoms with Gasteiger partial charge in [-0.3, -0.25) is 9.48 Å². The molecule has 4 bridgehead atoms. The second kappa shape index (κ2) is 6.14. The fraction of sp³-hybridized carbons (Fsp3) is 0.810. The van der Waals surface area contributed by atoms with Gasteiger partial charge < -0.3 is 5.32 Å². The molecular weight excluding hydrogens is 310 g/mol. The van der Waals surface area contributed by atoms with Gasteiger partial charge >= 0.3 is 0 Å². The Bertz CT molecular complexity index is 578. The first-order valence-electron chi connectivity index (χ1n) is 10.1. The van der Waals surface area contributed by atoms with Crippen LogP contribution < -0.4 is 5.32 Å². The first-order chi connectivity index (χ1) is 11.8. The molecule has 4 heteroatoms. The van der Waals surface area contributed by atoms with E-state index < -0.39 is 0 Å². The summed E-state index contributed by atoms with van der Waals surface area (Å²) in [6.07, 6.45) is 12.7. The van der Waals surface area contributed by atoms with Crippen molar-refractivity contribution in [2.24, 2.45) is 28.6 Å². The molecule has 4 saturated carbocycles. The molecular formula is C21H33N3O. The van der Waals surface area contributed by atoms with Crippen LogP contribution in [0.4, 0.5) is 0 Å². The molecule has 4 nitrogen and oxygen atoms in total. The van der Waals surface area contributed by atoms with Crippen molar-refractivity contribution in [2.75, 3.05) is 0 Å². The zero-order valence-electron chi connectivity index (χ0n) is 16.0. The molecule has 1 aromatic heterocycles. The summed E-state index contributed by atoms with van der Waals surface area (Å²) in [5.74, 6) is 2.97. The summed E-state index contributed by atoms with van der Waals surface area (Å²) in [6.45, 7) is 7.34. The molecule has 0 unspecified atom stereocenters. The molecule has 4 aliphatic carbocycles. The Hall–Kier alpha value is -1.32. The van der Waals surface area contributed by atoms with Gasteiger partial charge in [-0.1, -0.05) is 20.8 Å². The highest BCUT2D eigenvalue weighted by Gasteiger charge is 2.51. The second-order valence-corrected chi connectivity index (χ2v) is 10.3. The third kappa shape index (κ3) is 3.63. The first kappa shape index (κ1) is 17.1. The highest BCUT2D eigenvalue weighted by atomic mass is 16.1. The number of nitrogens with one attached hydrogen (secondary N) is 1. The molecule has 1 atom stereocenters. The van der Waals surface area contributed by atoms with Gasteiger partial charge in [0.2, 0.25) is 5.91 Å². The van der Waals surface area contributed by atoms with Crippen LogP contribution in [0, 0.1) is 28.6 Å². The van der Waals surface area contributed by atoms with Crippen LogP contribution in [0.25, 0.3) is 0 Å². The van der Waals surface area contributed by atoms with Gasteiger partial charge in [0.05, 0.1) is 12.6 Å². The SMILES string of the molecule is CC(C)(C)[C@H](Cn1cccn1)NC(=O)CC12CC3CC(CC(C3)C1)C2. The van der Waals surface area contributed by atoms with Gasteiger partial charge in [-0.25, -0.2) is 0 Å². The van der Waals surface area contributed by atoms with Crippen molar-refractivity contribution in [3.05, 3.63) is 18.5 Å². The Morgan fingerprint density at radius 3 is 2.28 bits per heavy atom. The van der Waals surface area contributed by atoms with Crippen molar-refractivity contribution in [3.8, 4) is 0 Å². The fourth-order valence-electron chi connectivity index (χ4n) is 6.22. The Labute approximate surface area is 151 Å². The predicted octanol–water partition coefficient (Wildman–Crippen LogP) is 4.02. The van der Waals surface area contributed by atoms with Gasteiger partial charge in [0.25, 0.3) is 0 Å². The Kier molecular flexibility index (Phi) is 4.20. The minimum Gasteiger partial charge on any atom is -0.351 e. The van der Waals surface area contributed by atoms with E-state index in [0.29, 0.717) is 5.41 Å². The summed E-state index contributed by atoms with van der Waals surface area (Å²) in [5, 5.41) is 7.69. The Morgan fingerprint density at radius 2 is 1.80 bits per heavy atom. The quantitative estimate of drug-likeness (QED) is 0.878. The lowest BCUT2D eigenvalue weighted by Crippen LogP contribution is -2.51. The highest BCUT2D eigenvalue weighted by Crippen LogP contribution is 2.61. The number of nitrogens with zero attached hydrogens (tertiary/aromatic N) is 2. The number of carbonyl (C=O) groups excluding carboxylic acids is 1. The first-order valence-corrected chi connectivity index (χ1v) is 10.1. The maximum Gasteiger partial charge on any atom is 0.220 e. The maximum absolute atomic E-state index is 13.0. The third-order valence-corrected chi connectivity index (χ3v) is 7.01. The molecule has 25 heavy (non-hydrogen) atoms.